The minimum Gasteiger partial charge on any atom is -0.494 e. The maximum atomic E-state index is 12.3. The Labute approximate surface area is 176 Å². The first kappa shape index (κ1) is 22.3. The molecule has 1 heterocycles. The number of thiocarbonyl (C=S) groups is 1. The maximum absolute atomic E-state index is 12.3. The number of carbonyl (C=O) groups excluding carboxylic acids is 2. The number of aromatic nitrogens is 1. The standard InChI is InChI=1S/C21H26N4O3S/c1-3-4-5-14-28-18-9-7-17(8-10-18)23-21(29)24-20(27)16-6-11-19(22-15-16)25(2)12-13-26/h6-11,13,15H,3-5,12,14H2,1-2H3,(H2,23,24,27,29). The van der Waals surface area contributed by atoms with E-state index in [1.165, 1.54) is 6.20 Å². The predicted octanol–water partition coefficient (Wildman–Crippen LogP) is 3.41. The van der Waals surface area contributed by atoms with Crippen molar-refractivity contribution in [1.29, 1.82) is 0 Å². The van der Waals surface area contributed by atoms with Crippen molar-refractivity contribution in [1.82, 2.24) is 10.3 Å². The third kappa shape index (κ3) is 7.50. The number of anilines is 2. The molecule has 0 aliphatic rings. The van der Waals surface area contributed by atoms with Crippen LogP contribution in [0.3, 0.4) is 0 Å². The van der Waals surface area contributed by atoms with E-state index < -0.39 is 0 Å². The number of hydrogen-bond donors (Lipinski definition) is 2. The second-order valence-corrected chi connectivity index (χ2v) is 6.85. The first-order chi connectivity index (χ1) is 14.0. The van der Waals surface area contributed by atoms with Crippen LogP contribution in [0.5, 0.6) is 5.75 Å². The van der Waals surface area contributed by atoms with Gasteiger partial charge >= 0.3 is 0 Å². The third-order valence-corrected chi connectivity index (χ3v) is 4.31. The zero-order valence-corrected chi connectivity index (χ0v) is 17.5. The number of amides is 1. The number of ether oxygens (including phenoxy) is 1. The molecular weight excluding hydrogens is 388 g/mol. The Balaban J connectivity index is 1.83. The normalized spacial score (nSPS) is 10.1. The molecule has 2 N–H and O–H groups in total. The van der Waals surface area contributed by atoms with Crippen LogP contribution >= 0.6 is 12.2 Å². The van der Waals surface area contributed by atoms with Crippen LogP contribution in [0.1, 0.15) is 36.5 Å². The summed E-state index contributed by atoms with van der Waals surface area (Å²) in [6.07, 6.45) is 5.58. The van der Waals surface area contributed by atoms with Crippen molar-refractivity contribution in [2.75, 3.05) is 30.4 Å². The molecule has 2 aromatic rings. The van der Waals surface area contributed by atoms with Gasteiger partial charge in [-0.25, -0.2) is 4.98 Å². The van der Waals surface area contributed by atoms with Gasteiger partial charge in [0.05, 0.1) is 18.7 Å². The van der Waals surface area contributed by atoms with E-state index in [0.717, 1.165) is 37.0 Å². The van der Waals surface area contributed by atoms with Crippen molar-refractivity contribution in [3.05, 3.63) is 48.2 Å². The van der Waals surface area contributed by atoms with Crippen LogP contribution in [0.4, 0.5) is 11.5 Å². The number of nitrogens with one attached hydrogen (secondary N) is 2. The lowest BCUT2D eigenvalue weighted by molar-refractivity contribution is -0.106. The van der Waals surface area contributed by atoms with E-state index >= 15 is 0 Å². The molecule has 0 unspecified atom stereocenters. The zero-order valence-electron chi connectivity index (χ0n) is 16.7. The smallest absolute Gasteiger partial charge is 0.258 e. The molecule has 154 valence electrons. The number of nitrogens with zero attached hydrogens (tertiary/aromatic N) is 2. The van der Waals surface area contributed by atoms with Gasteiger partial charge in [-0.05, 0) is 55.0 Å². The van der Waals surface area contributed by atoms with Crippen LogP contribution in [0.25, 0.3) is 0 Å². The first-order valence-corrected chi connectivity index (χ1v) is 9.90. The summed E-state index contributed by atoms with van der Waals surface area (Å²) < 4.78 is 5.67. The Hall–Kier alpha value is -3.00. The zero-order chi connectivity index (χ0) is 21.1. The molecule has 0 fully saturated rings. The highest BCUT2D eigenvalue weighted by atomic mass is 32.1. The summed E-state index contributed by atoms with van der Waals surface area (Å²) in [6, 6.07) is 10.7. The largest absolute Gasteiger partial charge is 0.494 e. The van der Waals surface area contributed by atoms with Crippen LogP contribution < -0.4 is 20.3 Å². The molecule has 0 bridgehead atoms. The van der Waals surface area contributed by atoms with Crippen molar-refractivity contribution in [3.8, 4) is 5.75 Å². The number of likely N-dealkylation sites (N-methyl/N-ethyl adjacent to an activating group) is 1. The van der Waals surface area contributed by atoms with Gasteiger partial charge in [0.25, 0.3) is 5.91 Å². The van der Waals surface area contributed by atoms with Gasteiger partial charge in [0.15, 0.2) is 5.11 Å². The van der Waals surface area contributed by atoms with Crippen LogP contribution in [0.15, 0.2) is 42.6 Å². The molecule has 1 aromatic heterocycles. The molecule has 0 aliphatic carbocycles. The fourth-order valence-electron chi connectivity index (χ4n) is 2.47. The Bertz CT molecular complexity index is 810. The van der Waals surface area contributed by atoms with Crippen molar-refractivity contribution in [2.24, 2.45) is 0 Å². The molecule has 1 aromatic carbocycles. The lowest BCUT2D eigenvalue weighted by Crippen LogP contribution is -2.34. The van der Waals surface area contributed by atoms with Gasteiger partial charge in [-0.15, -0.1) is 0 Å². The fourth-order valence-corrected chi connectivity index (χ4v) is 2.68. The molecule has 0 atom stereocenters. The molecule has 7 nitrogen and oxygen atoms in total. The van der Waals surface area contributed by atoms with E-state index in [9.17, 15) is 9.59 Å². The second kappa shape index (κ2) is 11.8. The van der Waals surface area contributed by atoms with E-state index in [0.29, 0.717) is 18.0 Å². The van der Waals surface area contributed by atoms with Gasteiger partial charge in [0.2, 0.25) is 0 Å². The van der Waals surface area contributed by atoms with Gasteiger partial charge in [0, 0.05) is 18.9 Å². The van der Waals surface area contributed by atoms with Gasteiger partial charge in [-0.1, -0.05) is 19.8 Å². The Morgan fingerprint density at radius 3 is 2.59 bits per heavy atom. The molecule has 0 aliphatic heterocycles. The lowest BCUT2D eigenvalue weighted by Gasteiger charge is -2.15. The maximum Gasteiger partial charge on any atom is 0.258 e. The SMILES string of the molecule is CCCCCOc1ccc(NC(=S)NC(=O)c2ccc(N(C)CC=O)nc2)cc1. The van der Waals surface area contributed by atoms with E-state index in [4.69, 9.17) is 17.0 Å². The molecule has 29 heavy (non-hydrogen) atoms. The van der Waals surface area contributed by atoms with Gasteiger partial charge in [-0.3, -0.25) is 10.1 Å². The summed E-state index contributed by atoms with van der Waals surface area (Å²) in [5.41, 5.74) is 1.12. The summed E-state index contributed by atoms with van der Waals surface area (Å²) in [6.45, 7) is 3.09. The number of carbonyl (C=O) groups is 2. The molecule has 0 spiro atoms. The van der Waals surface area contributed by atoms with Crippen molar-refractivity contribution in [2.45, 2.75) is 26.2 Å². The van der Waals surface area contributed by atoms with Crippen molar-refractivity contribution < 1.29 is 14.3 Å². The number of pyridine rings is 1. The Morgan fingerprint density at radius 1 is 1.21 bits per heavy atom. The quantitative estimate of drug-likeness (QED) is 0.350. The van der Waals surface area contributed by atoms with Crippen molar-refractivity contribution in [3.63, 3.8) is 0 Å². The second-order valence-electron chi connectivity index (χ2n) is 6.44. The van der Waals surface area contributed by atoms with Gasteiger partial charge in [-0.2, -0.15) is 0 Å². The summed E-state index contributed by atoms with van der Waals surface area (Å²) in [5.74, 6) is 1.04. The average Bonchev–Trinajstić information content (AvgIpc) is 2.72. The van der Waals surface area contributed by atoms with Gasteiger partial charge < -0.3 is 19.7 Å². The Kier molecular flexibility index (Phi) is 9.04. The highest BCUT2D eigenvalue weighted by Gasteiger charge is 2.10. The van der Waals surface area contributed by atoms with Crippen LogP contribution in [-0.4, -0.2) is 42.5 Å². The number of unbranched alkanes of at least 4 members (excludes halogenated alkanes) is 2. The molecule has 0 saturated carbocycles. The van der Waals surface area contributed by atoms with Crippen LogP contribution in [0.2, 0.25) is 0 Å². The Morgan fingerprint density at radius 2 is 1.97 bits per heavy atom. The monoisotopic (exact) mass is 414 g/mol. The highest BCUT2D eigenvalue weighted by molar-refractivity contribution is 7.80. The number of aldehydes is 1. The lowest BCUT2D eigenvalue weighted by atomic mass is 10.2. The average molecular weight is 415 g/mol. The summed E-state index contributed by atoms with van der Waals surface area (Å²) in [7, 11) is 1.75. The van der Waals surface area contributed by atoms with Crippen LogP contribution in [0, 0.1) is 0 Å². The first-order valence-electron chi connectivity index (χ1n) is 9.49. The van der Waals surface area contributed by atoms with E-state index in [1.807, 2.05) is 24.3 Å². The molecule has 0 saturated heterocycles. The number of hydrogen-bond acceptors (Lipinski definition) is 6. The molecule has 1 amide bonds. The highest BCUT2D eigenvalue weighted by Crippen LogP contribution is 2.16. The minimum atomic E-state index is -0.365. The van der Waals surface area contributed by atoms with Gasteiger partial charge in [0.1, 0.15) is 17.9 Å². The molecule has 8 heteroatoms. The molecule has 2 rings (SSSR count). The number of rotatable bonds is 10. The molecular formula is C21H26N4O3S. The van der Waals surface area contributed by atoms with Crippen LogP contribution in [-0.2, 0) is 4.79 Å². The van der Waals surface area contributed by atoms with Crippen molar-refractivity contribution >= 4 is 41.0 Å². The fraction of sp³-hybridized carbons (Fsp3) is 0.333. The van der Waals surface area contributed by atoms with E-state index in [2.05, 4.69) is 22.5 Å². The van der Waals surface area contributed by atoms with E-state index in [1.54, 1.807) is 24.1 Å². The summed E-state index contributed by atoms with van der Waals surface area (Å²) >= 11 is 5.20. The predicted molar refractivity (Wildman–Crippen MR) is 119 cm³/mol. The summed E-state index contributed by atoms with van der Waals surface area (Å²) in [4.78, 5) is 28.7. The topological polar surface area (TPSA) is 83.6 Å². The van der Waals surface area contributed by atoms with E-state index in [-0.39, 0.29) is 17.6 Å². The summed E-state index contributed by atoms with van der Waals surface area (Å²) in [5, 5.41) is 5.78. The third-order valence-electron chi connectivity index (χ3n) is 4.11. The number of benzene rings is 1. The minimum absolute atomic E-state index is 0.189. The molecule has 0 radical (unpaired) electrons.